The predicted octanol–water partition coefficient (Wildman–Crippen LogP) is -1.20. The van der Waals surface area contributed by atoms with Crippen LogP contribution in [0.5, 0.6) is 0 Å². The van der Waals surface area contributed by atoms with Crippen molar-refractivity contribution in [1.29, 1.82) is 0 Å². The van der Waals surface area contributed by atoms with Crippen LogP contribution in [0, 0.1) is 0 Å². The van der Waals surface area contributed by atoms with Crippen LogP contribution >= 0.6 is 0 Å². The third kappa shape index (κ3) is 2.72. The fourth-order valence-electron chi connectivity index (χ4n) is 3.64. The smallest absolute Gasteiger partial charge is 0.332 e. The summed E-state index contributed by atoms with van der Waals surface area (Å²) in [6.45, 7) is 4.60. The van der Waals surface area contributed by atoms with Crippen molar-refractivity contribution >= 4 is 16.9 Å². The molecule has 3 heterocycles. The Labute approximate surface area is 150 Å². The molecule has 0 unspecified atom stereocenters. The van der Waals surface area contributed by atoms with Crippen LogP contribution in [0.1, 0.15) is 0 Å². The van der Waals surface area contributed by atoms with Crippen LogP contribution in [-0.4, -0.2) is 44.9 Å². The molecule has 1 N–H and O–H groups in total. The van der Waals surface area contributed by atoms with Gasteiger partial charge in [-0.2, -0.15) is 0 Å². The highest BCUT2D eigenvalue weighted by atomic mass is 16.2. The molecule has 0 aliphatic carbocycles. The first kappa shape index (κ1) is 16.6. The van der Waals surface area contributed by atoms with Crippen LogP contribution in [-0.2, 0) is 20.8 Å². The highest BCUT2D eigenvalue weighted by molar-refractivity contribution is 5.69. The average Bonchev–Trinajstić information content (AvgIpc) is 3.10. The molecule has 0 bridgehead atoms. The summed E-state index contributed by atoms with van der Waals surface area (Å²) in [6.07, 6.45) is 1.67. The van der Waals surface area contributed by atoms with Gasteiger partial charge in [0.1, 0.15) is 6.33 Å². The molecular weight excluding hydrogens is 332 g/mol. The number of rotatable bonds is 3. The second kappa shape index (κ2) is 6.45. The molecule has 8 nitrogen and oxygen atoms in total. The van der Waals surface area contributed by atoms with Gasteiger partial charge in [-0.1, -0.05) is 18.2 Å². The van der Waals surface area contributed by atoms with E-state index in [1.165, 1.54) is 22.2 Å². The van der Waals surface area contributed by atoms with Gasteiger partial charge in [0.25, 0.3) is 5.56 Å². The van der Waals surface area contributed by atoms with Crippen LogP contribution < -0.4 is 21.0 Å². The molecule has 1 aliphatic rings. The number of hydrogen-bond donors (Lipinski definition) is 1. The van der Waals surface area contributed by atoms with E-state index in [9.17, 15) is 9.59 Å². The van der Waals surface area contributed by atoms with E-state index in [1.54, 1.807) is 13.4 Å². The van der Waals surface area contributed by atoms with E-state index < -0.39 is 0 Å². The number of fused-ring (bicyclic) bond motifs is 1. The summed E-state index contributed by atoms with van der Waals surface area (Å²) in [6, 6.07) is 10.4. The minimum Gasteiger partial charge on any atom is -0.360 e. The first-order valence-corrected chi connectivity index (χ1v) is 8.80. The van der Waals surface area contributed by atoms with Gasteiger partial charge < -0.3 is 9.80 Å². The number of quaternary nitrogens is 1. The van der Waals surface area contributed by atoms with E-state index >= 15 is 0 Å². The Morgan fingerprint density at radius 2 is 1.73 bits per heavy atom. The van der Waals surface area contributed by atoms with Crippen molar-refractivity contribution in [3.05, 3.63) is 57.5 Å². The molecule has 3 aromatic rings. The lowest BCUT2D eigenvalue weighted by molar-refractivity contribution is -0.923. The van der Waals surface area contributed by atoms with Crippen molar-refractivity contribution in [2.45, 2.75) is 6.67 Å². The van der Waals surface area contributed by atoms with Crippen molar-refractivity contribution in [3.63, 3.8) is 0 Å². The molecule has 136 valence electrons. The highest BCUT2D eigenvalue weighted by Crippen LogP contribution is 2.12. The summed E-state index contributed by atoms with van der Waals surface area (Å²) in [5.41, 5.74) is 1.55. The van der Waals surface area contributed by atoms with E-state index in [-0.39, 0.29) is 11.2 Å². The molecule has 1 fully saturated rings. The predicted molar refractivity (Wildman–Crippen MR) is 99.6 cm³/mol. The monoisotopic (exact) mass is 355 g/mol. The molecule has 0 saturated carbocycles. The normalized spacial score (nSPS) is 15.7. The van der Waals surface area contributed by atoms with Gasteiger partial charge in [0.15, 0.2) is 17.8 Å². The number of hydrogen-bond acceptors (Lipinski definition) is 4. The van der Waals surface area contributed by atoms with Gasteiger partial charge in [-0.15, -0.1) is 0 Å². The van der Waals surface area contributed by atoms with E-state index in [0.717, 1.165) is 30.7 Å². The summed E-state index contributed by atoms with van der Waals surface area (Å²) in [5.74, 6) is 0. The number of imidazole rings is 1. The molecule has 0 amide bonds. The third-order valence-electron chi connectivity index (χ3n) is 5.20. The lowest BCUT2D eigenvalue weighted by atomic mass is 10.2. The van der Waals surface area contributed by atoms with Gasteiger partial charge in [0, 0.05) is 19.8 Å². The van der Waals surface area contributed by atoms with Gasteiger partial charge in [-0.3, -0.25) is 18.5 Å². The fraction of sp³-hybridized carbons (Fsp3) is 0.389. The summed E-state index contributed by atoms with van der Waals surface area (Å²) in [7, 11) is 3.15. The molecule has 26 heavy (non-hydrogen) atoms. The number of aromatic nitrogens is 4. The largest absolute Gasteiger partial charge is 0.360 e. The zero-order valence-corrected chi connectivity index (χ0v) is 15.1. The topological polar surface area (TPSA) is 69.5 Å². The molecule has 1 aliphatic heterocycles. The summed E-state index contributed by atoms with van der Waals surface area (Å²) < 4.78 is 4.45. The van der Waals surface area contributed by atoms with Gasteiger partial charge in [0.05, 0.1) is 26.2 Å². The Bertz CT molecular complexity index is 1040. The first-order valence-electron chi connectivity index (χ1n) is 8.80. The number of piperazine rings is 1. The Kier molecular flexibility index (Phi) is 4.12. The molecule has 2 aromatic heterocycles. The standard InChI is InChI=1S/C18H22N6O2/c1-20-16-15(17(25)21(2)18(20)26)24(12-19-16)13-22-8-10-23(11-9-22)14-6-4-3-5-7-14/h3-7,12H,8-11,13H2,1-2H3/p+1. The van der Waals surface area contributed by atoms with Crippen LogP contribution in [0.4, 0.5) is 5.69 Å². The molecule has 8 heteroatoms. The maximum absolute atomic E-state index is 12.5. The molecule has 1 aromatic carbocycles. The molecule has 0 radical (unpaired) electrons. The number of benzene rings is 1. The molecule has 1 saturated heterocycles. The number of aryl methyl sites for hydroxylation is 1. The second-order valence-corrected chi connectivity index (χ2v) is 6.82. The van der Waals surface area contributed by atoms with E-state index in [4.69, 9.17) is 0 Å². The van der Waals surface area contributed by atoms with Gasteiger partial charge in [0.2, 0.25) is 0 Å². The number of para-hydroxylation sites is 1. The molecule has 4 rings (SSSR count). The van der Waals surface area contributed by atoms with E-state index in [2.05, 4.69) is 34.1 Å². The lowest BCUT2D eigenvalue weighted by Gasteiger charge is -2.33. The Morgan fingerprint density at radius 3 is 2.42 bits per heavy atom. The van der Waals surface area contributed by atoms with Crippen molar-refractivity contribution in [2.75, 3.05) is 31.1 Å². The Morgan fingerprint density at radius 1 is 1.04 bits per heavy atom. The molecule has 0 atom stereocenters. The zero-order valence-electron chi connectivity index (χ0n) is 15.1. The summed E-state index contributed by atoms with van der Waals surface area (Å²) in [4.78, 5) is 32.7. The van der Waals surface area contributed by atoms with Crippen LogP contribution in [0.15, 0.2) is 46.2 Å². The van der Waals surface area contributed by atoms with Crippen molar-refractivity contribution in [2.24, 2.45) is 14.1 Å². The number of nitrogens with one attached hydrogen (secondary N) is 1. The minimum absolute atomic E-state index is 0.289. The van der Waals surface area contributed by atoms with Crippen molar-refractivity contribution in [1.82, 2.24) is 18.7 Å². The van der Waals surface area contributed by atoms with E-state index in [1.807, 2.05) is 10.6 Å². The zero-order chi connectivity index (χ0) is 18.3. The van der Waals surface area contributed by atoms with Crippen molar-refractivity contribution < 1.29 is 4.90 Å². The van der Waals surface area contributed by atoms with Crippen molar-refractivity contribution in [3.8, 4) is 0 Å². The van der Waals surface area contributed by atoms with E-state index in [0.29, 0.717) is 17.8 Å². The lowest BCUT2D eigenvalue weighted by Crippen LogP contribution is -3.14. The van der Waals surface area contributed by atoms with Gasteiger partial charge in [-0.05, 0) is 12.1 Å². The van der Waals surface area contributed by atoms with Crippen LogP contribution in [0.3, 0.4) is 0 Å². The van der Waals surface area contributed by atoms with Gasteiger partial charge in [-0.25, -0.2) is 9.78 Å². The molecular formula is C18H23N6O2+. The maximum atomic E-state index is 12.5. The SMILES string of the molecule is Cn1c(=O)c2c(ncn2C[NH+]2CCN(c3ccccc3)CC2)n(C)c1=O. The number of anilines is 1. The fourth-order valence-corrected chi connectivity index (χ4v) is 3.64. The summed E-state index contributed by atoms with van der Waals surface area (Å²) in [5, 5.41) is 0. The van der Waals surface area contributed by atoms with Crippen LogP contribution in [0.2, 0.25) is 0 Å². The quantitative estimate of drug-likeness (QED) is 0.641. The maximum Gasteiger partial charge on any atom is 0.332 e. The average molecular weight is 355 g/mol. The summed E-state index contributed by atoms with van der Waals surface area (Å²) >= 11 is 0. The second-order valence-electron chi connectivity index (χ2n) is 6.82. The van der Waals surface area contributed by atoms with Crippen LogP contribution in [0.25, 0.3) is 11.2 Å². The first-order chi connectivity index (χ1) is 12.6. The molecule has 0 spiro atoms. The highest BCUT2D eigenvalue weighted by Gasteiger charge is 2.22. The van der Waals surface area contributed by atoms with Gasteiger partial charge >= 0.3 is 5.69 Å². The minimum atomic E-state index is -0.350. The third-order valence-corrected chi connectivity index (χ3v) is 5.20. The number of nitrogens with zero attached hydrogens (tertiary/aromatic N) is 5. The Balaban J connectivity index is 1.54. The Hall–Kier alpha value is -2.87.